The average molecular weight is 264 g/mol. The molecular weight excluding hydrogens is 239 g/mol. The summed E-state index contributed by atoms with van der Waals surface area (Å²) in [6.45, 7) is 5.29. The Bertz CT molecular complexity index is 417. The number of nitrogens with two attached hydrogens (primary N) is 1. The van der Waals surface area contributed by atoms with E-state index in [0.29, 0.717) is 6.04 Å². The first kappa shape index (κ1) is 14.3. The maximum Gasteiger partial charge on any atom is 0.123 e. The summed E-state index contributed by atoms with van der Waals surface area (Å²) >= 11 is 0. The van der Waals surface area contributed by atoms with Crippen LogP contribution in [0.2, 0.25) is 0 Å². The van der Waals surface area contributed by atoms with Crippen molar-refractivity contribution in [2.24, 2.45) is 5.73 Å². The summed E-state index contributed by atoms with van der Waals surface area (Å²) in [5.41, 5.74) is 8.14. The molecule has 106 valence electrons. The smallest absolute Gasteiger partial charge is 0.123 e. The zero-order chi connectivity index (χ0) is 13.8. The van der Waals surface area contributed by atoms with Crippen molar-refractivity contribution < 1.29 is 4.39 Å². The van der Waals surface area contributed by atoms with Gasteiger partial charge in [-0.15, -0.1) is 0 Å². The van der Waals surface area contributed by atoms with Crippen molar-refractivity contribution in [3.63, 3.8) is 0 Å². The first-order valence-corrected chi connectivity index (χ1v) is 7.42. The maximum absolute atomic E-state index is 13.5. The number of hydrogen-bond acceptors (Lipinski definition) is 2. The monoisotopic (exact) mass is 264 g/mol. The van der Waals surface area contributed by atoms with Crippen LogP contribution in [0.3, 0.4) is 0 Å². The van der Waals surface area contributed by atoms with E-state index in [9.17, 15) is 4.39 Å². The summed E-state index contributed by atoms with van der Waals surface area (Å²) in [5.74, 6) is -0.163. The fourth-order valence-electron chi connectivity index (χ4n) is 3.09. The van der Waals surface area contributed by atoms with Gasteiger partial charge in [0.25, 0.3) is 0 Å². The molecular formula is C16H25FN2. The lowest BCUT2D eigenvalue weighted by Gasteiger charge is -2.38. The molecule has 1 heterocycles. The number of piperidine rings is 1. The number of anilines is 1. The fourth-order valence-corrected chi connectivity index (χ4v) is 3.09. The predicted octanol–water partition coefficient (Wildman–Crippen LogP) is 3.48. The Kier molecular flexibility index (Phi) is 4.81. The van der Waals surface area contributed by atoms with Crippen molar-refractivity contribution in [1.82, 2.24) is 0 Å². The van der Waals surface area contributed by atoms with Gasteiger partial charge in [-0.1, -0.05) is 6.92 Å². The van der Waals surface area contributed by atoms with Crippen LogP contribution in [0.15, 0.2) is 18.2 Å². The lowest BCUT2D eigenvalue weighted by molar-refractivity contribution is 0.448. The molecule has 0 saturated carbocycles. The van der Waals surface area contributed by atoms with Crippen LogP contribution in [0.25, 0.3) is 0 Å². The molecule has 1 aromatic rings. The van der Waals surface area contributed by atoms with E-state index < -0.39 is 0 Å². The van der Waals surface area contributed by atoms with Crippen molar-refractivity contribution in [1.29, 1.82) is 0 Å². The van der Waals surface area contributed by atoms with Crippen LogP contribution in [0.1, 0.15) is 45.1 Å². The molecule has 2 atom stereocenters. The molecule has 2 rings (SSSR count). The fraction of sp³-hybridized carbons (Fsp3) is 0.625. The minimum absolute atomic E-state index is 0.0606. The minimum atomic E-state index is -0.163. The number of halogens is 1. The lowest BCUT2D eigenvalue weighted by atomic mass is 9.96. The lowest BCUT2D eigenvalue weighted by Crippen LogP contribution is -2.40. The quantitative estimate of drug-likeness (QED) is 0.902. The zero-order valence-electron chi connectivity index (χ0n) is 12.0. The second-order valence-corrected chi connectivity index (χ2v) is 5.71. The summed E-state index contributed by atoms with van der Waals surface area (Å²) in [7, 11) is 0. The van der Waals surface area contributed by atoms with Gasteiger partial charge >= 0.3 is 0 Å². The van der Waals surface area contributed by atoms with Crippen molar-refractivity contribution in [3.05, 3.63) is 29.6 Å². The number of hydrogen-bond donors (Lipinski definition) is 1. The average Bonchev–Trinajstić information content (AvgIpc) is 2.38. The van der Waals surface area contributed by atoms with E-state index in [1.165, 1.54) is 24.9 Å². The third-order valence-electron chi connectivity index (χ3n) is 3.99. The molecule has 0 aliphatic carbocycles. The van der Waals surface area contributed by atoms with Crippen LogP contribution in [0.5, 0.6) is 0 Å². The highest BCUT2D eigenvalue weighted by Gasteiger charge is 2.23. The van der Waals surface area contributed by atoms with Gasteiger partial charge in [-0.3, -0.25) is 0 Å². The van der Waals surface area contributed by atoms with Crippen LogP contribution in [0, 0.1) is 5.82 Å². The number of benzene rings is 1. The Labute approximate surface area is 115 Å². The highest BCUT2D eigenvalue weighted by molar-refractivity contribution is 5.55. The molecule has 2 N–H and O–H groups in total. The van der Waals surface area contributed by atoms with E-state index in [2.05, 4.69) is 11.8 Å². The van der Waals surface area contributed by atoms with Crippen molar-refractivity contribution in [3.8, 4) is 0 Å². The van der Waals surface area contributed by atoms with Gasteiger partial charge in [-0.25, -0.2) is 4.39 Å². The highest BCUT2D eigenvalue weighted by atomic mass is 19.1. The number of rotatable bonds is 4. The first-order valence-electron chi connectivity index (χ1n) is 7.42. The predicted molar refractivity (Wildman–Crippen MR) is 79.0 cm³/mol. The summed E-state index contributed by atoms with van der Waals surface area (Å²) in [6.07, 6.45) is 5.66. The van der Waals surface area contributed by atoms with E-state index in [1.54, 1.807) is 12.1 Å². The van der Waals surface area contributed by atoms with Crippen molar-refractivity contribution in [2.75, 3.05) is 11.4 Å². The first-order chi connectivity index (χ1) is 9.11. The van der Waals surface area contributed by atoms with Crippen LogP contribution in [-0.4, -0.2) is 18.6 Å². The van der Waals surface area contributed by atoms with Gasteiger partial charge in [0, 0.05) is 24.3 Å². The summed E-state index contributed by atoms with van der Waals surface area (Å²) in [4.78, 5) is 2.46. The third-order valence-corrected chi connectivity index (χ3v) is 3.99. The van der Waals surface area contributed by atoms with E-state index in [1.807, 2.05) is 13.0 Å². The number of nitrogens with zero attached hydrogens (tertiary/aromatic N) is 1. The Morgan fingerprint density at radius 2 is 2.21 bits per heavy atom. The Morgan fingerprint density at radius 3 is 2.89 bits per heavy atom. The molecule has 0 amide bonds. The Morgan fingerprint density at radius 1 is 1.42 bits per heavy atom. The molecule has 2 unspecified atom stereocenters. The molecule has 0 aromatic heterocycles. The molecule has 19 heavy (non-hydrogen) atoms. The van der Waals surface area contributed by atoms with E-state index >= 15 is 0 Å². The van der Waals surface area contributed by atoms with Gasteiger partial charge < -0.3 is 10.6 Å². The molecule has 0 spiro atoms. The standard InChI is InChI=1S/C16H25FN2/c1-3-15-6-4-5-9-19(15)16-8-7-14(17)11-13(16)10-12(2)18/h7-8,11-12,15H,3-6,9-10,18H2,1-2H3. The van der Waals surface area contributed by atoms with E-state index in [-0.39, 0.29) is 11.9 Å². The molecule has 1 aliphatic rings. The topological polar surface area (TPSA) is 29.3 Å². The van der Waals surface area contributed by atoms with Crippen LogP contribution in [-0.2, 0) is 6.42 Å². The Balaban J connectivity index is 2.31. The largest absolute Gasteiger partial charge is 0.368 e. The van der Waals surface area contributed by atoms with Gasteiger partial charge in [0.05, 0.1) is 0 Å². The van der Waals surface area contributed by atoms with Gasteiger partial charge in [0.15, 0.2) is 0 Å². The summed E-state index contributed by atoms with van der Waals surface area (Å²) in [5, 5.41) is 0. The van der Waals surface area contributed by atoms with Crippen LogP contribution >= 0.6 is 0 Å². The molecule has 1 saturated heterocycles. The zero-order valence-corrected chi connectivity index (χ0v) is 12.0. The molecule has 1 aromatic carbocycles. The van der Waals surface area contributed by atoms with Gasteiger partial charge in [-0.2, -0.15) is 0 Å². The van der Waals surface area contributed by atoms with Gasteiger partial charge in [0.2, 0.25) is 0 Å². The highest BCUT2D eigenvalue weighted by Crippen LogP contribution is 2.30. The molecule has 1 fully saturated rings. The second kappa shape index (κ2) is 6.38. The van der Waals surface area contributed by atoms with Gasteiger partial charge in [0.1, 0.15) is 5.82 Å². The maximum atomic E-state index is 13.5. The Hall–Kier alpha value is -1.09. The van der Waals surface area contributed by atoms with Gasteiger partial charge in [-0.05, 0) is 62.8 Å². The van der Waals surface area contributed by atoms with Crippen molar-refractivity contribution >= 4 is 5.69 Å². The van der Waals surface area contributed by atoms with E-state index in [4.69, 9.17) is 5.73 Å². The SMILES string of the molecule is CCC1CCCCN1c1ccc(F)cc1CC(C)N. The van der Waals surface area contributed by atoms with Crippen LogP contribution < -0.4 is 10.6 Å². The second-order valence-electron chi connectivity index (χ2n) is 5.71. The minimum Gasteiger partial charge on any atom is -0.368 e. The third kappa shape index (κ3) is 3.47. The molecule has 3 heteroatoms. The normalized spacial score (nSPS) is 21.5. The molecule has 1 aliphatic heterocycles. The van der Waals surface area contributed by atoms with Crippen LogP contribution in [0.4, 0.5) is 10.1 Å². The summed E-state index contributed by atoms with van der Waals surface area (Å²) < 4.78 is 13.5. The molecule has 0 bridgehead atoms. The summed E-state index contributed by atoms with van der Waals surface area (Å²) in [6, 6.07) is 5.80. The van der Waals surface area contributed by atoms with Crippen molar-refractivity contribution in [2.45, 2.75) is 58.0 Å². The van der Waals surface area contributed by atoms with E-state index in [0.717, 1.165) is 24.9 Å². The molecule has 2 nitrogen and oxygen atoms in total. The molecule has 0 radical (unpaired) electrons.